The summed E-state index contributed by atoms with van der Waals surface area (Å²) in [6, 6.07) is 7.40. The molecule has 0 aliphatic carbocycles. The summed E-state index contributed by atoms with van der Waals surface area (Å²) in [5.41, 5.74) is 0.782. The summed E-state index contributed by atoms with van der Waals surface area (Å²) >= 11 is 3.34. The van der Waals surface area contributed by atoms with Crippen LogP contribution in [0.1, 0.15) is 19.4 Å². The van der Waals surface area contributed by atoms with Gasteiger partial charge in [0, 0.05) is 4.47 Å². The van der Waals surface area contributed by atoms with Gasteiger partial charge < -0.3 is 9.47 Å². The largest absolute Gasteiger partial charge is 0.462 e. The van der Waals surface area contributed by atoms with Gasteiger partial charge in [-0.25, -0.2) is 4.79 Å². The van der Waals surface area contributed by atoms with Crippen LogP contribution in [0, 0.1) is 0 Å². The van der Waals surface area contributed by atoms with Crippen LogP contribution in [0.2, 0.25) is 0 Å². The van der Waals surface area contributed by atoms with Crippen molar-refractivity contribution in [1.29, 1.82) is 0 Å². The molecule has 1 aromatic rings. The van der Waals surface area contributed by atoms with Gasteiger partial charge in [0.05, 0.1) is 6.61 Å². The highest BCUT2D eigenvalue weighted by Gasteiger charge is 2.34. The fourth-order valence-corrected chi connectivity index (χ4v) is 2.05. The zero-order chi connectivity index (χ0) is 14.7. The monoisotopic (exact) mass is 336 g/mol. The number of carbonyl (C=O) groups is 2. The number of esters is 1. The first kappa shape index (κ1) is 14.5. The Balaban J connectivity index is 2.24. The Kier molecular flexibility index (Phi) is 4.39. The predicted octanol–water partition coefficient (Wildman–Crippen LogP) is 3.23. The summed E-state index contributed by atoms with van der Waals surface area (Å²) in [5.74, 6) is -0.678. The Morgan fingerprint density at radius 3 is 2.60 bits per heavy atom. The number of carbonyl (C=O) groups excluding carboxylic acids is 2. The van der Waals surface area contributed by atoms with Gasteiger partial charge in [-0.2, -0.15) is 0 Å². The number of ketones is 1. The Labute approximate surface area is 125 Å². The first-order valence-corrected chi connectivity index (χ1v) is 6.90. The molecular formula is C15H13BrO4. The second kappa shape index (κ2) is 6.05. The highest BCUT2D eigenvalue weighted by atomic mass is 79.9. The lowest BCUT2D eigenvalue weighted by molar-refractivity contribution is -0.139. The zero-order valence-corrected chi connectivity index (χ0v) is 12.7. The third-order valence-electron chi connectivity index (χ3n) is 2.71. The van der Waals surface area contributed by atoms with E-state index in [-0.39, 0.29) is 23.7 Å². The van der Waals surface area contributed by atoms with E-state index in [1.807, 2.05) is 24.3 Å². The van der Waals surface area contributed by atoms with E-state index >= 15 is 0 Å². The summed E-state index contributed by atoms with van der Waals surface area (Å²) < 4.78 is 11.2. The molecule has 0 aromatic heterocycles. The van der Waals surface area contributed by atoms with Crippen molar-refractivity contribution in [2.24, 2.45) is 0 Å². The number of Topliss-reactive ketones (excluding diaryl/α,β-unsaturated/α-hetero) is 1. The lowest BCUT2D eigenvalue weighted by atomic mass is 10.1. The van der Waals surface area contributed by atoms with E-state index in [0.29, 0.717) is 0 Å². The third-order valence-corrected chi connectivity index (χ3v) is 3.24. The van der Waals surface area contributed by atoms with Crippen LogP contribution in [-0.4, -0.2) is 18.4 Å². The van der Waals surface area contributed by atoms with Crippen LogP contribution in [-0.2, 0) is 19.1 Å². The second-order valence-electron chi connectivity index (χ2n) is 4.14. The standard InChI is InChI=1S/C15H13BrO4/c1-3-19-15(18)13-9(2)20-12(14(13)17)8-10-4-6-11(16)7-5-10/h4-8H,3H2,1-2H3/b12-8-. The minimum Gasteiger partial charge on any atom is -0.462 e. The average molecular weight is 337 g/mol. The molecule has 0 N–H and O–H groups in total. The van der Waals surface area contributed by atoms with Crippen molar-refractivity contribution in [1.82, 2.24) is 0 Å². The van der Waals surface area contributed by atoms with Gasteiger partial charge in [0.25, 0.3) is 0 Å². The van der Waals surface area contributed by atoms with E-state index in [2.05, 4.69) is 15.9 Å². The van der Waals surface area contributed by atoms with Crippen LogP contribution in [0.3, 0.4) is 0 Å². The Morgan fingerprint density at radius 2 is 2.00 bits per heavy atom. The van der Waals surface area contributed by atoms with E-state index in [1.165, 1.54) is 0 Å². The predicted molar refractivity (Wildman–Crippen MR) is 77.5 cm³/mol. The average Bonchev–Trinajstić information content (AvgIpc) is 2.67. The molecule has 0 spiro atoms. The molecule has 0 fully saturated rings. The van der Waals surface area contributed by atoms with Crippen molar-refractivity contribution in [3.63, 3.8) is 0 Å². The first-order valence-electron chi connectivity index (χ1n) is 6.10. The van der Waals surface area contributed by atoms with Crippen molar-refractivity contribution >= 4 is 33.8 Å². The fraction of sp³-hybridized carbons (Fsp3) is 0.200. The Bertz CT molecular complexity index is 611. The van der Waals surface area contributed by atoms with E-state index in [0.717, 1.165) is 10.0 Å². The van der Waals surface area contributed by atoms with Gasteiger partial charge in [0.1, 0.15) is 11.3 Å². The number of benzene rings is 1. The van der Waals surface area contributed by atoms with Crippen molar-refractivity contribution in [3.8, 4) is 0 Å². The van der Waals surface area contributed by atoms with Crippen molar-refractivity contribution in [2.75, 3.05) is 6.61 Å². The minimum absolute atomic E-state index is 0.0322. The van der Waals surface area contributed by atoms with Crippen LogP contribution >= 0.6 is 15.9 Å². The molecule has 0 saturated heterocycles. The quantitative estimate of drug-likeness (QED) is 0.483. The maximum Gasteiger partial charge on any atom is 0.345 e. The summed E-state index contributed by atoms with van der Waals surface area (Å²) in [7, 11) is 0. The molecule has 0 radical (unpaired) electrons. The molecule has 1 aromatic carbocycles. The molecule has 20 heavy (non-hydrogen) atoms. The highest BCUT2D eigenvalue weighted by Crippen LogP contribution is 2.27. The number of allylic oxidation sites excluding steroid dienone is 2. The maximum atomic E-state index is 12.1. The maximum absolute atomic E-state index is 12.1. The van der Waals surface area contributed by atoms with Crippen molar-refractivity contribution in [3.05, 3.63) is 51.4 Å². The molecule has 4 nitrogen and oxygen atoms in total. The molecule has 0 bridgehead atoms. The third kappa shape index (κ3) is 2.99. The molecule has 104 valence electrons. The summed E-state index contributed by atoms with van der Waals surface area (Å²) in [5, 5.41) is 0. The molecular weight excluding hydrogens is 324 g/mol. The van der Waals surface area contributed by atoms with Crippen LogP contribution in [0.4, 0.5) is 0 Å². The van der Waals surface area contributed by atoms with E-state index in [4.69, 9.17) is 9.47 Å². The normalized spacial score (nSPS) is 16.6. The zero-order valence-electron chi connectivity index (χ0n) is 11.1. The SMILES string of the molecule is CCOC(=O)C1=C(C)O/C(=C\c2ccc(Br)cc2)C1=O. The number of hydrogen-bond donors (Lipinski definition) is 0. The Hall–Kier alpha value is -1.88. The van der Waals surface area contributed by atoms with E-state index in [1.54, 1.807) is 19.9 Å². The molecule has 1 heterocycles. The van der Waals surface area contributed by atoms with Crippen LogP contribution in [0.15, 0.2) is 45.8 Å². The van der Waals surface area contributed by atoms with Crippen molar-refractivity contribution in [2.45, 2.75) is 13.8 Å². The summed E-state index contributed by atoms with van der Waals surface area (Å²) in [6.07, 6.45) is 1.60. The van der Waals surface area contributed by atoms with Gasteiger partial charge in [-0.1, -0.05) is 28.1 Å². The number of hydrogen-bond acceptors (Lipinski definition) is 4. The summed E-state index contributed by atoms with van der Waals surface area (Å²) in [6.45, 7) is 3.48. The lowest BCUT2D eigenvalue weighted by Gasteiger charge is -1.99. The first-order chi connectivity index (χ1) is 9.52. The molecule has 0 unspecified atom stereocenters. The molecule has 1 aliphatic rings. The molecule has 2 rings (SSSR count). The van der Waals surface area contributed by atoms with Crippen molar-refractivity contribution < 1.29 is 19.1 Å². The molecule has 1 aliphatic heterocycles. The lowest BCUT2D eigenvalue weighted by Crippen LogP contribution is -2.14. The van der Waals surface area contributed by atoms with Gasteiger partial charge in [0.15, 0.2) is 5.76 Å². The topological polar surface area (TPSA) is 52.6 Å². The Morgan fingerprint density at radius 1 is 1.35 bits per heavy atom. The van der Waals surface area contributed by atoms with Gasteiger partial charge >= 0.3 is 5.97 Å². The van der Waals surface area contributed by atoms with Crippen LogP contribution in [0.5, 0.6) is 0 Å². The molecule has 0 amide bonds. The number of halogens is 1. The van der Waals surface area contributed by atoms with E-state index < -0.39 is 11.8 Å². The van der Waals surface area contributed by atoms with E-state index in [9.17, 15) is 9.59 Å². The number of ether oxygens (including phenoxy) is 2. The minimum atomic E-state index is -0.644. The van der Waals surface area contributed by atoms with Crippen LogP contribution in [0.25, 0.3) is 6.08 Å². The van der Waals surface area contributed by atoms with Gasteiger partial charge in [-0.05, 0) is 37.6 Å². The smallest absolute Gasteiger partial charge is 0.345 e. The van der Waals surface area contributed by atoms with Gasteiger partial charge in [0.2, 0.25) is 5.78 Å². The second-order valence-corrected chi connectivity index (χ2v) is 5.06. The van der Waals surface area contributed by atoms with Gasteiger partial charge in [-0.15, -0.1) is 0 Å². The van der Waals surface area contributed by atoms with Crippen LogP contribution < -0.4 is 0 Å². The van der Waals surface area contributed by atoms with Gasteiger partial charge in [-0.3, -0.25) is 4.79 Å². The number of rotatable bonds is 3. The highest BCUT2D eigenvalue weighted by molar-refractivity contribution is 9.10. The molecule has 5 heteroatoms. The molecule has 0 saturated carbocycles. The fourth-order valence-electron chi connectivity index (χ4n) is 1.79. The molecule has 0 atom stereocenters. The summed E-state index contributed by atoms with van der Waals surface area (Å²) in [4.78, 5) is 23.8.